The smallest absolute Gasteiger partial charge is 0.372 e. The SMILES string of the molecule is CCOC(=O)C[n+]1ccc(C2=C(C)N3C(=O)CSC3=C(C#N)C2c2cccc([N+](=O)[O-])c2)cc1. The Balaban J connectivity index is 1.85. The van der Waals surface area contributed by atoms with Crippen LogP contribution in [-0.4, -0.2) is 34.1 Å². The van der Waals surface area contributed by atoms with Crippen LogP contribution in [0.3, 0.4) is 0 Å². The van der Waals surface area contributed by atoms with Crippen molar-refractivity contribution in [2.75, 3.05) is 12.4 Å². The van der Waals surface area contributed by atoms with Crippen molar-refractivity contribution in [1.29, 1.82) is 5.26 Å². The first kappa shape index (κ1) is 23.2. The van der Waals surface area contributed by atoms with Crippen molar-refractivity contribution < 1.29 is 23.8 Å². The van der Waals surface area contributed by atoms with Gasteiger partial charge in [0.2, 0.25) is 12.5 Å². The molecule has 2 aliphatic rings. The highest BCUT2D eigenvalue weighted by Gasteiger charge is 2.41. The third-order valence-electron chi connectivity index (χ3n) is 5.67. The Bertz CT molecular complexity index is 1290. The molecule has 2 aromatic rings. The number of non-ortho nitro benzene ring substituents is 1. The third-order valence-corrected chi connectivity index (χ3v) is 6.74. The minimum absolute atomic E-state index is 0.0508. The molecule has 3 heterocycles. The van der Waals surface area contributed by atoms with Crippen molar-refractivity contribution in [3.8, 4) is 6.07 Å². The summed E-state index contributed by atoms with van der Waals surface area (Å²) in [5.74, 6) is -0.841. The molecule has 10 heteroatoms. The van der Waals surface area contributed by atoms with Crippen LogP contribution in [0.5, 0.6) is 0 Å². The lowest BCUT2D eigenvalue weighted by atomic mass is 9.79. The topological polar surface area (TPSA) is 117 Å². The van der Waals surface area contributed by atoms with Crippen molar-refractivity contribution >= 4 is 34.9 Å². The summed E-state index contributed by atoms with van der Waals surface area (Å²) in [6.45, 7) is 3.90. The molecule has 2 aliphatic heterocycles. The van der Waals surface area contributed by atoms with Crippen LogP contribution in [0.1, 0.15) is 30.9 Å². The monoisotopic (exact) mass is 477 g/mol. The fraction of sp³-hybridized carbons (Fsp3) is 0.250. The summed E-state index contributed by atoms with van der Waals surface area (Å²) in [6, 6.07) is 12.1. The van der Waals surface area contributed by atoms with Crippen molar-refractivity contribution in [2.45, 2.75) is 26.3 Å². The van der Waals surface area contributed by atoms with Gasteiger partial charge in [0.25, 0.3) is 5.69 Å². The van der Waals surface area contributed by atoms with Crippen molar-refractivity contribution in [2.24, 2.45) is 0 Å². The largest absolute Gasteiger partial charge is 0.461 e. The normalized spacial score (nSPS) is 17.5. The van der Waals surface area contributed by atoms with Gasteiger partial charge < -0.3 is 4.74 Å². The number of hydrogen-bond donors (Lipinski definition) is 0. The number of hydrogen-bond acceptors (Lipinski definition) is 7. The third kappa shape index (κ3) is 4.18. The van der Waals surface area contributed by atoms with Crippen molar-refractivity contribution in [3.63, 3.8) is 0 Å². The molecule has 0 aliphatic carbocycles. The molecule has 0 saturated carbocycles. The van der Waals surface area contributed by atoms with Crippen LogP contribution in [0.2, 0.25) is 0 Å². The molecule has 34 heavy (non-hydrogen) atoms. The molecule has 1 atom stereocenters. The number of nitriles is 1. The van der Waals surface area contributed by atoms with Crippen LogP contribution in [0.4, 0.5) is 5.69 Å². The number of benzene rings is 1. The van der Waals surface area contributed by atoms with Crippen molar-refractivity contribution in [1.82, 2.24) is 4.90 Å². The zero-order valence-electron chi connectivity index (χ0n) is 18.6. The minimum Gasteiger partial charge on any atom is -0.461 e. The molecule has 0 N–H and O–H groups in total. The van der Waals surface area contributed by atoms with Gasteiger partial charge in [-0.2, -0.15) is 9.83 Å². The first-order valence-electron chi connectivity index (χ1n) is 10.6. The van der Waals surface area contributed by atoms with Gasteiger partial charge in [0.1, 0.15) is 0 Å². The summed E-state index contributed by atoms with van der Waals surface area (Å²) in [5.41, 5.74) is 3.01. The Hall–Kier alpha value is -3.97. The summed E-state index contributed by atoms with van der Waals surface area (Å²) < 4.78 is 6.66. The number of pyridine rings is 1. The number of allylic oxidation sites excluding steroid dienone is 3. The van der Waals surface area contributed by atoms with E-state index in [0.717, 1.165) is 5.56 Å². The van der Waals surface area contributed by atoms with Gasteiger partial charge >= 0.3 is 5.97 Å². The number of amides is 1. The lowest BCUT2D eigenvalue weighted by molar-refractivity contribution is -0.686. The second-order valence-corrected chi connectivity index (χ2v) is 8.66. The summed E-state index contributed by atoms with van der Waals surface area (Å²) in [6.07, 6.45) is 3.45. The number of nitrogens with zero attached hydrogens (tertiary/aromatic N) is 4. The molecule has 0 radical (unpaired) electrons. The van der Waals surface area contributed by atoms with E-state index >= 15 is 0 Å². The highest BCUT2D eigenvalue weighted by Crippen LogP contribution is 2.51. The fourth-order valence-corrected chi connectivity index (χ4v) is 5.32. The van der Waals surface area contributed by atoms with E-state index in [2.05, 4.69) is 6.07 Å². The minimum atomic E-state index is -0.588. The van der Waals surface area contributed by atoms with Crippen LogP contribution in [0.15, 0.2) is 65.1 Å². The number of thioether (sulfide) groups is 1. The van der Waals surface area contributed by atoms with E-state index < -0.39 is 10.8 Å². The molecule has 9 nitrogen and oxygen atoms in total. The van der Waals surface area contributed by atoms with Gasteiger partial charge in [-0.25, -0.2) is 4.79 Å². The predicted octanol–water partition coefficient (Wildman–Crippen LogP) is 3.28. The summed E-state index contributed by atoms with van der Waals surface area (Å²) >= 11 is 1.30. The maximum Gasteiger partial charge on any atom is 0.372 e. The van der Waals surface area contributed by atoms with Crippen molar-refractivity contribution in [3.05, 3.63) is 86.3 Å². The number of nitro groups is 1. The number of aromatic nitrogens is 1. The second-order valence-electron chi connectivity index (χ2n) is 7.70. The van der Waals surface area contributed by atoms with E-state index in [1.165, 1.54) is 23.9 Å². The van der Waals surface area contributed by atoms with Gasteiger partial charge in [-0.1, -0.05) is 23.9 Å². The zero-order chi connectivity index (χ0) is 24.4. The number of carbonyl (C=O) groups excluding carboxylic acids is 2. The van der Waals surface area contributed by atoms with E-state index in [-0.39, 0.29) is 29.9 Å². The molecule has 1 aromatic heterocycles. The Morgan fingerprint density at radius 3 is 2.74 bits per heavy atom. The second kappa shape index (κ2) is 9.49. The summed E-state index contributed by atoms with van der Waals surface area (Å²) in [4.78, 5) is 37.0. The molecule has 0 spiro atoms. The quantitative estimate of drug-likeness (QED) is 0.271. The van der Waals surface area contributed by atoms with E-state index in [1.807, 2.05) is 6.92 Å². The van der Waals surface area contributed by atoms with Crippen LogP contribution >= 0.6 is 11.8 Å². The molecule has 0 bridgehead atoms. The Labute approximate surface area is 200 Å². The molecular formula is C24H21N4O5S+. The number of esters is 1. The average Bonchev–Trinajstić information content (AvgIpc) is 3.21. The van der Waals surface area contributed by atoms with Crippen LogP contribution < -0.4 is 4.57 Å². The highest BCUT2D eigenvalue weighted by atomic mass is 32.2. The molecular weight excluding hydrogens is 456 g/mol. The summed E-state index contributed by atoms with van der Waals surface area (Å²) in [7, 11) is 0. The molecule has 1 unspecified atom stereocenters. The van der Waals surface area contributed by atoms with E-state index in [1.54, 1.807) is 53.0 Å². The molecule has 4 rings (SSSR count). The first-order valence-corrected chi connectivity index (χ1v) is 11.5. The lowest BCUT2D eigenvalue weighted by Crippen LogP contribution is -2.38. The van der Waals surface area contributed by atoms with Crippen LogP contribution in [0.25, 0.3) is 5.57 Å². The van der Waals surface area contributed by atoms with Crippen LogP contribution in [-0.2, 0) is 20.9 Å². The van der Waals surface area contributed by atoms with Gasteiger partial charge in [0.05, 0.1) is 34.0 Å². The highest BCUT2D eigenvalue weighted by molar-refractivity contribution is 8.04. The average molecular weight is 478 g/mol. The molecule has 172 valence electrons. The van der Waals surface area contributed by atoms with E-state index in [9.17, 15) is 25.0 Å². The van der Waals surface area contributed by atoms with Gasteiger partial charge in [-0.15, -0.1) is 0 Å². The van der Waals surface area contributed by atoms with Gasteiger partial charge in [0.15, 0.2) is 12.4 Å². The Morgan fingerprint density at radius 2 is 2.09 bits per heavy atom. The number of ether oxygens (including phenoxy) is 1. The number of rotatable bonds is 6. The Kier molecular flexibility index (Phi) is 6.47. The van der Waals surface area contributed by atoms with Crippen LogP contribution in [0, 0.1) is 21.4 Å². The molecule has 1 saturated heterocycles. The maximum absolute atomic E-state index is 12.7. The molecule has 1 fully saturated rings. The predicted molar refractivity (Wildman–Crippen MR) is 124 cm³/mol. The Morgan fingerprint density at radius 1 is 1.35 bits per heavy atom. The number of carbonyl (C=O) groups is 2. The standard InChI is InChI=1S/C24H21N4O5S/c1-3-33-21(30)13-26-9-7-16(8-10-26)22-15(2)27-20(29)14-34-24(27)19(12-25)23(22)17-5-4-6-18(11-17)28(31)32/h4-11,23H,3,13-14H2,1-2H3/q+1. The van der Waals surface area contributed by atoms with E-state index in [4.69, 9.17) is 4.74 Å². The summed E-state index contributed by atoms with van der Waals surface area (Å²) in [5, 5.41) is 22.1. The van der Waals surface area contributed by atoms with E-state index in [0.29, 0.717) is 34.0 Å². The van der Waals surface area contributed by atoms with Gasteiger partial charge in [-0.3, -0.25) is 19.8 Å². The number of nitro benzene ring substituents is 1. The van der Waals surface area contributed by atoms with Gasteiger partial charge in [0, 0.05) is 35.9 Å². The van der Waals surface area contributed by atoms with Gasteiger partial charge in [-0.05, 0) is 30.5 Å². The maximum atomic E-state index is 12.7. The fourth-order valence-electron chi connectivity index (χ4n) is 4.24. The molecule has 1 aromatic carbocycles. The first-order chi connectivity index (χ1) is 16.3. The molecule has 1 amide bonds. The zero-order valence-corrected chi connectivity index (χ0v) is 19.4. The lowest BCUT2D eigenvalue weighted by Gasteiger charge is -2.33. The number of fused-ring (bicyclic) bond motifs is 1.